The fraction of sp³-hybridized carbons (Fsp3) is 0.450. The van der Waals surface area contributed by atoms with Crippen LogP contribution in [-0.2, 0) is 12.6 Å². The summed E-state index contributed by atoms with van der Waals surface area (Å²) >= 11 is 0. The predicted molar refractivity (Wildman–Crippen MR) is 99.5 cm³/mol. The molecule has 0 bridgehead atoms. The van der Waals surface area contributed by atoms with Crippen LogP contribution >= 0.6 is 0 Å². The minimum Gasteiger partial charge on any atom is -0.361 e. The minimum absolute atomic E-state index is 0.00162. The highest BCUT2D eigenvalue weighted by molar-refractivity contribution is 5.92. The molecule has 0 saturated carbocycles. The van der Waals surface area contributed by atoms with Crippen molar-refractivity contribution >= 4 is 16.9 Å². The minimum atomic E-state index is -4.48. The fourth-order valence-electron chi connectivity index (χ4n) is 3.76. The lowest BCUT2D eigenvalue weighted by Gasteiger charge is -2.31. The van der Waals surface area contributed by atoms with Crippen LogP contribution in [0.1, 0.15) is 59.7 Å². The summed E-state index contributed by atoms with van der Waals surface area (Å²) < 4.78 is 43.9. The van der Waals surface area contributed by atoms with E-state index < -0.39 is 11.9 Å². The number of hydrogen-bond donors (Lipinski definition) is 1. The van der Waals surface area contributed by atoms with Gasteiger partial charge in [-0.05, 0) is 37.5 Å². The van der Waals surface area contributed by atoms with Crippen LogP contribution in [-0.4, -0.2) is 39.0 Å². The number of halogens is 3. The van der Waals surface area contributed by atoms with E-state index in [-0.39, 0.29) is 17.3 Å². The average molecular weight is 406 g/mol. The third-order valence-electron chi connectivity index (χ3n) is 5.21. The Labute approximate surface area is 165 Å². The molecule has 3 aromatic heterocycles. The molecule has 1 saturated heterocycles. The second kappa shape index (κ2) is 7.53. The second-order valence-corrected chi connectivity index (χ2v) is 7.37. The highest BCUT2D eigenvalue weighted by Crippen LogP contribution is 2.32. The lowest BCUT2D eigenvalue weighted by molar-refractivity contribution is -0.140. The van der Waals surface area contributed by atoms with Crippen molar-refractivity contribution in [3.63, 3.8) is 0 Å². The Bertz CT molecular complexity index is 1020. The molecule has 1 aliphatic rings. The van der Waals surface area contributed by atoms with Crippen molar-refractivity contribution in [1.29, 1.82) is 0 Å². The smallest absolute Gasteiger partial charge is 0.361 e. The van der Waals surface area contributed by atoms with Gasteiger partial charge in [-0.2, -0.15) is 13.2 Å². The number of alkyl halides is 3. The molecular formula is C20H21F3N4O2. The zero-order valence-electron chi connectivity index (χ0n) is 15.9. The number of carbonyl (C=O) groups excluding carboxylic acids is 1. The molecule has 0 spiro atoms. The maximum absolute atomic E-state index is 12.9. The summed E-state index contributed by atoms with van der Waals surface area (Å²) in [5.74, 6) is 0.499. The maximum atomic E-state index is 12.9. The largest absolute Gasteiger partial charge is 0.433 e. The van der Waals surface area contributed by atoms with E-state index in [2.05, 4.69) is 15.1 Å². The van der Waals surface area contributed by atoms with Gasteiger partial charge in [0.25, 0.3) is 5.91 Å². The van der Waals surface area contributed by atoms with E-state index in [0.29, 0.717) is 30.1 Å². The van der Waals surface area contributed by atoms with E-state index in [4.69, 9.17) is 4.52 Å². The number of amides is 1. The normalized spacial score (nSPS) is 17.8. The number of hydrogen-bond acceptors (Lipinski definition) is 4. The monoisotopic (exact) mass is 406 g/mol. The third-order valence-corrected chi connectivity index (χ3v) is 5.21. The molecule has 0 aliphatic carbocycles. The van der Waals surface area contributed by atoms with Crippen LogP contribution < -0.4 is 0 Å². The molecular weight excluding hydrogens is 385 g/mol. The van der Waals surface area contributed by atoms with Crippen LogP contribution in [0.15, 0.2) is 28.8 Å². The van der Waals surface area contributed by atoms with Crippen LogP contribution in [0, 0.1) is 0 Å². The van der Waals surface area contributed by atoms with Gasteiger partial charge in [-0.15, -0.1) is 0 Å². The van der Waals surface area contributed by atoms with Gasteiger partial charge in [-0.3, -0.25) is 4.79 Å². The van der Waals surface area contributed by atoms with Gasteiger partial charge >= 0.3 is 6.18 Å². The molecule has 0 radical (unpaired) electrons. The van der Waals surface area contributed by atoms with Crippen molar-refractivity contribution in [2.45, 2.75) is 44.7 Å². The Morgan fingerprint density at radius 1 is 1.34 bits per heavy atom. The molecule has 1 fully saturated rings. The van der Waals surface area contributed by atoms with E-state index in [1.165, 1.54) is 6.07 Å². The average Bonchev–Trinajstić information content (AvgIpc) is 3.33. The molecule has 0 aromatic carbocycles. The first kappa shape index (κ1) is 19.5. The lowest BCUT2D eigenvalue weighted by atomic mass is 9.94. The summed E-state index contributed by atoms with van der Waals surface area (Å²) in [5.41, 5.74) is 0.999. The van der Waals surface area contributed by atoms with Crippen LogP contribution in [0.3, 0.4) is 0 Å². The maximum Gasteiger partial charge on any atom is 0.433 e. The number of nitrogens with zero attached hydrogens (tertiary/aromatic N) is 3. The van der Waals surface area contributed by atoms with E-state index in [1.54, 1.807) is 17.0 Å². The molecule has 1 amide bonds. The van der Waals surface area contributed by atoms with Crippen molar-refractivity contribution < 1.29 is 22.5 Å². The van der Waals surface area contributed by atoms with Gasteiger partial charge in [0, 0.05) is 37.2 Å². The van der Waals surface area contributed by atoms with Gasteiger partial charge < -0.3 is 14.4 Å². The number of pyridine rings is 1. The first-order chi connectivity index (χ1) is 13.8. The second-order valence-electron chi connectivity index (χ2n) is 7.37. The van der Waals surface area contributed by atoms with Gasteiger partial charge in [-0.1, -0.05) is 12.1 Å². The van der Waals surface area contributed by atoms with Crippen molar-refractivity contribution in [1.82, 2.24) is 20.0 Å². The molecule has 3 aromatic rings. The molecule has 1 atom stereocenters. The number of carbonyl (C=O) groups is 1. The van der Waals surface area contributed by atoms with Crippen LogP contribution in [0.4, 0.5) is 13.2 Å². The van der Waals surface area contributed by atoms with Crippen molar-refractivity contribution in [2.24, 2.45) is 0 Å². The molecule has 1 aliphatic heterocycles. The van der Waals surface area contributed by atoms with Gasteiger partial charge in [0.05, 0.1) is 11.0 Å². The van der Waals surface area contributed by atoms with Crippen molar-refractivity contribution in [2.75, 3.05) is 13.1 Å². The zero-order chi connectivity index (χ0) is 20.6. The molecule has 9 heteroatoms. The van der Waals surface area contributed by atoms with Gasteiger partial charge in [0.1, 0.15) is 11.5 Å². The highest BCUT2D eigenvalue weighted by Gasteiger charge is 2.33. The summed E-state index contributed by atoms with van der Waals surface area (Å²) in [6.45, 7) is 3.10. The molecule has 4 heterocycles. The van der Waals surface area contributed by atoms with E-state index in [0.717, 1.165) is 37.4 Å². The number of H-pyrrole nitrogens is 1. The number of piperidine rings is 1. The van der Waals surface area contributed by atoms with Gasteiger partial charge in [0.15, 0.2) is 5.69 Å². The summed E-state index contributed by atoms with van der Waals surface area (Å²) in [4.78, 5) is 21.4. The Morgan fingerprint density at radius 3 is 2.93 bits per heavy atom. The quantitative estimate of drug-likeness (QED) is 0.690. The SMILES string of the molecule is CCCc1cc(C(=O)N2CCCC(c3cc4nc(C(F)(F)F)ccc4[nH]3)C2)no1. The molecule has 1 unspecified atom stereocenters. The topological polar surface area (TPSA) is 75.0 Å². The van der Waals surface area contributed by atoms with E-state index in [9.17, 15) is 18.0 Å². The Morgan fingerprint density at radius 2 is 2.17 bits per heavy atom. The molecule has 6 nitrogen and oxygen atoms in total. The number of aromatic amines is 1. The van der Waals surface area contributed by atoms with Gasteiger partial charge in [-0.25, -0.2) is 4.98 Å². The van der Waals surface area contributed by atoms with Crippen molar-refractivity contribution in [3.05, 3.63) is 47.1 Å². The molecule has 4 rings (SSSR count). The van der Waals surface area contributed by atoms with Crippen LogP contribution in [0.5, 0.6) is 0 Å². The number of likely N-dealkylation sites (tertiary alicyclic amines) is 1. The Balaban J connectivity index is 1.52. The predicted octanol–water partition coefficient (Wildman–Crippen LogP) is 4.54. The van der Waals surface area contributed by atoms with Crippen LogP contribution in [0.2, 0.25) is 0 Å². The first-order valence-corrected chi connectivity index (χ1v) is 9.67. The first-order valence-electron chi connectivity index (χ1n) is 9.67. The summed E-state index contributed by atoms with van der Waals surface area (Å²) in [7, 11) is 0. The van der Waals surface area contributed by atoms with E-state index >= 15 is 0 Å². The van der Waals surface area contributed by atoms with E-state index in [1.807, 2.05) is 6.92 Å². The summed E-state index contributed by atoms with van der Waals surface area (Å²) in [6.07, 6.45) is -1.22. The number of rotatable bonds is 4. The fourth-order valence-corrected chi connectivity index (χ4v) is 3.76. The molecule has 154 valence electrons. The number of fused-ring (bicyclic) bond motifs is 1. The van der Waals surface area contributed by atoms with Crippen LogP contribution in [0.25, 0.3) is 11.0 Å². The highest BCUT2D eigenvalue weighted by atomic mass is 19.4. The Kier molecular flexibility index (Phi) is 5.06. The number of nitrogens with one attached hydrogen (secondary N) is 1. The number of aryl methyl sites for hydroxylation is 1. The molecule has 29 heavy (non-hydrogen) atoms. The summed E-state index contributed by atoms with van der Waals surface area (Å²) in [6, 6.07) is 5.70. The molecule has 1 N–H and O–H groups in total. The standard InChI is InChI=1S/C20H21F3N4O2/c1-2-4-13-9-17(26-29-13)19(28)27-8-3-5-12(11-27)15-10-16-14(24-15)6-7-18(25-16)20(21,22)23/h6-7,9-10,12,24H,2-5,8,11H2,1H3. The zero-order valence-corrected chi connectivity index (χ0v) is 15.9. The third kappa shape index (κ3) is 3.99. The number of aromatic nitrogens is 3. The Hall–Kier alpha value is -2.84. The lowest BCUT2D eigenvalue weighted by Crippen LogP contribution is -2.39. The van der Waals surface area contributed by atoms with Crippen molar-refractivity contribution in [3.8, 4) is 0 Å². The van der Waals surface area contributed by atoms with Gasteiger partial charge in [0.2, 0.25) is 0 Å². The summed E-state index contributed by atoms with van der Waals surface area (Å²) in [5, 5.41) is 3.88.